The Labute approximate surface area is 137 Å². The predicted octanol–water partition coefficient (Wildman–Crippen LogP) is 3.75. The maximum absolute atomic E-state index is 11.9. The van der Waals surface area contributed by atoms with Gasteiger partial charge in [-0.25, -0.2) is 0 Å². The van der Waals surface area contributed by atoms with E-state index in [-0.39, 0.29) is 30.9 Å². The van der Waals surface area contributed by atoms with Crippen LogP contribution in [0.15, 0.2) is 24.3 Å². The van der Waals surface area contributed by atoms with Crippen LogP contribution in [0.1, 0.15) is 47.0 Å². The van der Waals surface area contributed by atoms with Gasteiger partial charge in [0.15, 0.2) is 11.5 Å². The van der Waals surface area contributed by atoms with Crippen molar-refractivity contribution in [3.63, 3.8) is 0 Å². The van der Waals surface area contributed by atoms with Gasteiger partial charge in [0, 0.05) is 12.8 Å². The van der Waals surface area contributed by atoms with Gasteiger partial charge in [-0.2, -0.15) is 0 Å². The first-order valence-corrected chi connectivity index (χ1v) is 8.00. The van der Waals surface area contributed by atoms with Crippen molar-refractivity contribution in [2.45, 2.75) is 53.1 Å². The van der Waals surface area contributed by atoms with Crippen LogP contribution in [0, 0.1) is 5.92 Å². The van der Waals surface area contributed by atoms with Crippen molar-refractivity contribution in [3.05, 3.63) is 24.3 Å². The lowest BCUT2D eigenvalue weighted by molar-refractivity contribution is -0.145. The lowest BCUT2D eigenvalue weighted by atomic mass is 10.2. The van der Waals surface area contributed by atoms with Crippen molar-refractivity contribution in [2.75, 3.05) is 6.61 Å². The highest BCUT2D eigenvalue weighted by molar-refractivity contribution is 5.74. The van der Waals surface area contributed by atoms with Gasteiger partial charge in [-0.15, -0.1) is 0 Å². The van der Waals surface area contributed by atoms with Crippen molar-refractivity contribution in [1.82, 2.24) is 0 Å². The molecule has 0 spiro atoms. The van der Waals surface area contributed by atoms with Gasteiger partial charge < -0.3 is 14.2 Å². The zero-order chi connectivity index (χ0) is 17.2. The van der Waals surface area contributed by atoms with E-state index in [1.54, 1.807) is 18.2 Å². The zero-order valence-corrected chi connectivity index (χ0v) is 14.3. The van der Waals surface area contributed by atoms with Crippen LogP contribution in [-0.2, 0) is 14.3 Å². The summed E-state index contributed by atoms with van der Waals surface area (Å²) in [6.45, 7) is 8.16. The van der Waals surface area contributed by atoms with Gasteiger partial charge >= 0.3 is 11.9 Å². The summed E-state index contributed by atoms with van der Waals surface area (Å²) < 4.78 is 16.0. The molecule has 5 nitrogen and oxygen atoms in total. The van der Waals surface area contributed by atoms with Crippen LogP contribution in [0.2, 0.25) is 0 Å². The minimum atomic E-state index is -0.388. The first-order chi connectivity index (χ1) is 10.9. The largest absolute Gasteiger partial charge is 0.487 e. The fraction of sp³-hybridized carbons (Fsp3) is 0.556. The Morgan fingerprint density at radius 2 is 1.57 bits per heavy atom. The molecule has 0 saturated heterocycles. The molecule has 0 N–H and O–H groups in total. The summed E-state index contributed by atoms with van der Waals surface area (Å²) in [5.74, 6) is 0.568. The molecular weight excluding hydrogens is 296 g/mol. The second-order valence-electron chi connectivity index (χ2n) is 6.02. The van der Waals surface area contributed by atoms with E-state index in [9.17, 15) is 9.59 Å². The van der Waals surface area contributed by atoms with Gasteiger partial charge in [-0.1, -0.05) is 26.0 Å². The van der Waals surface area contributed by atoms with Crippen molar-refractivity contribution in [3.8, 4) is 11.5 Å². The summed E-state index contributed by atoms with van der Waals surface area (Å²) in [6, 6.07) is 7.04. The molecule has 128 valence electrons. The summed E-state index contributed by atoms with van der Waals surface area (Å²) >= 11 is 0. The molecule has 0 amide bonds. The first-order valence-electron chi connectivity index (χ1n) is 8.00. The molecule has 0 heterocycles. The summed E-state index contributed by atoms with van der Waals surface area (Å²) in [7, 11) is 0. The van der Waals surface area contributed by atoms with Crippen LogP contribution in [0.5, 0.6) is 11.5 Å². The standard InChI is InChI=1S/C18H26O5/c1-13(2)12-21-17(19)10-7-11-18(20)23-16-9-6-5-8-15(16)22-14(3)4/h5-6,8-9,13-14H,7,10-12H2,1-4H3. The molecule has 0 aliphatic carbocycles. The van der Waals surface area contributed by atoms with Crippen LogP contribution in [0.4, 0.5) is 0 Å². The van der Waals surface area contributed by atoms with E-state index in [0.717, 1.165) is 0 Å². The van der Waals surface area contributed by atoms with Crippen molar-refractivity contribution in [1.29, 1.82) is 0 Å². The Morgan fingerprint density at radius 3 is 2.17 bits per heavy atom. The first kappa shape index (κ1) is 19.0. The number of esters is 2. The molecule has 1 rings (SSSR count). The number of rotatable bonds is 9. The number of hydrogen-bond donors (Lipinski definition) is 0. The van der Waals surface area contributed by atoms with Crippen LogP contribution >= 0.6 is 0 Å². The van der Waals surface area contributed by atoms with E-state index in [1.807, 2.05) is 33.8 Å². The van der Waals surface area contributed by atoms with E-state index >= 15 is 0 Å². The predicted molar refractivity (Wildman–Crippen MR) is 87.5 cm³/mol. The topological polar surface area (TPSA) is 61.8 Å². The minimum absolute atomic E-state index is 0.00872. The molecule has 0 saturated carbocycles. The molecule has 0 aliphatic heterocycles. The quantitative estimate of drug-likeness (QED) is 0.512. The van der Waals surface area contributed by atoms with Gasteiger partial charge in [-0.05, 0) is 38.3 Å². The summed E-state index contributed by atoms with van der Waals surface area (Å²) in [5, 5.41) is 0. The van der Waals surface area contributed by atoms with Crippen molar-refractivity contribution in [2.24, 2.45) is 5.92 Å². The molecule has 0 atom stereocenters. The average molecular weight is 322 g/mol. The molecule has 0 aliphatic rings. The van der Waals surface area contributed by atoms with Gasteiger partial charge in [0.25, 0.3) is 0 Å². The number of hydrogen-bond acceptors (Lipinski definition) is 5. The van der Waals surface area contributed by atoms with E-state index in [0.29, 0.717) is 30.4 Å². The SMILES string of the molecule is CC(C)COC(=O)CCCC(=O)Oc1ccccc1OC(C)C. The summed E-state index contributed by atoms with van der Waals surface area (Å²) in [6.07, 6.45) is 0.771. The van der Waals surface area contributed by atoms with Crippen LogP contribution < -0.4 is 9.47 Å². The highest BCUT2D eigenvalue weighted by atomic mass is 16.6. The van der Waals surface area contributed by atoms with Crippen LogP contribution in [-0.4, -0.2) is 24.6 Å². The second kappa shape index (κ2) is 9.87. The van der Waals surface area contributed by atoms with E-state index in [4.69, 9.17) is 14.2 Å². The molecule has 0 unspecified atom stereocenters. The maximum atomic E-state index is 11.9. The zero-order valence-electron chi connectivity index (χ0n) is 14.3. The Balaban J connectivity index is 2.38. The molecule has 1 aromatic rings. The molecule has 0 radical (unpaired) electrons. The monoisotopic (exact) mass is 322 g/mol. The molecule has 1 aromatic carbocycles. The normalized spacial score (nSPS) is 10.7. The fourth-order valence-electron chi connectivity index (χ4n) is 1.77. The molecule has 5 heteroatoms. The number of carbonyl (C=O) groups excluding carboxylic acids is 2. The molecule has 0 aromatic heterocycles. The Kier molecular flexibility index (Phi) is 8.16. The maximum Gasteiger partial charge on any atom is 0.311 e. The fourth-order valence-corrected chi connectivity index (χ4v) is 1.77. The lowest BCUT2D eigenvalue weighted by Crippen LogP contribution is -2.13. The van der Waals surface area contributed by atoms with Crippen molar-refractivity contribution >= 4 is 11.9 Å². The summed E-state index contributed by atoms with van der Waals surface area (Å²) in [5.41, 5.74) is 0. The molecular formula is C18H26O5. The third-order valence-corrected chi connectivity index (χ3v) is 2.78. The van der Waals surface area contributed by atoms with Gasteiger partial charge in [0.1, 0.15) is 0 Å². The smallest absolute Gasteiger partial charge is 0.311 e. The van der Waals surface area contributed by atoms with E-state index in [2.05, 4.69) is 0 Å². The lowest BCUT2D eigenvalue weighted by Gasteiger charge is -2.13. The average Bonchev–Trinajstić information content (AvgIpc) is 2.46. The number of para-hydroxylation sites is 2. The highest BCUT2D eigenvalue weighted by Gasteiger charge is 2.12. The van der Waals surface area contributed by atoms with Crippen LogP contribution in [0.3, 0.4) is 0 Å². The Morgan fingerprint density at radius 1 is 0.957 bits per heavy atom. The molecule has 23 heavy (non-hydrogen) atoms. The van der Waals surface area contributed by atoms with Crippen LogP contribution in [0.25, 0.3) is 0 Å². The van der Waals surface area contributed by atoms with Crippen molar-refractivity contribution < 1.29 is 23.8 Å². The Hall–Kier alpha value is -2.04. The highest BCUT2D eigenvalue weighted by Crippen LogP contribution is 2.27. The number of benzene rings is 1. The van der Waals surface area contributed by atoms with Gasteiger partial charge in [-0.3, -0.25) is 9.59 Å². The number of ether oxygens (including phenoxy) is 3. The van der Waals surface area contributed by atoms with Gasteiger partial charge in [0.2, 0.25) is 0 Å². The number of carbonyl (C=O) groups is 2. The van der Waals surface area contributed by atoms with Gasteiger partial charge in [0.05, 0.1) is 12.7 Å². The Bertz CT molecular complexity index is 508. The van der Waals surface area contributed by atoms with E-state index in [1.165, 1.54) is 0 Å². The summed E-state index contributed by atoms with van der Waals surface area (Å²) in [4.78, 5) is 23.3. The third-order valence-electron chi connectivity index (χ3n) is 2.78. The minimum Gasteiger partial charge on any atom is -0.487 e. The third kappa shape index (κ3) is 8.24. The molecule has 0 bridgehead atoms. The van der Waals surface area contributed by atoms with E-state index < -0.39 is 0 Å². The molecule has 0 fully saturated rings. The second-order valence-corrected chi connectivity index (χ2v) is 6.02.